The van der Waals surface area contributed by atoms with Gasteiger partial charge in [-0.15, -0.1) is 0 Å². The van der Waals surface area contributed by atoms with Gasteiger partial charge >= 0.3 is 0 Å². The van der Waals surface area contributed by atoms with Gasteiger partial charge in [-0.2, -0.15) is 5.10 Å². The molecule has 3 rings (SSSR count). The van der Waals surface area contributed by atoms with E-state index in [1.54, 1.807) is 17.8 Å². The van der Waals surface area contributed by atoms with Crippen molar-refractivity contribution in [3.05, 3.63) is 30.3 Å². The van der Waals surface area contributed by atoms with Gasteiger partial charge in [0.1, 0.15) is 17.3 Å². The van der Waals surface area contributed by atoms with Crippen LogP contribution in [0.1, 0.15) is 0 Å². The van der Waals surface area contributed by atoms with Gasteiger partial charge in [0.05, 0.1) is 11.2 Å². The van der Waals surface area contributed by atoms with Gasteiger partial charge in [-0.3, -0.25) is 4.68 Å². The van der Waals surface area contributed by atoms with Crippen LogP contribution in [0.5, 0.6) is 5.75 Å². The van der Waals surface area contributed by atoms with Gasteiger partial charge in [-0.05, 0) is 12.1 Å². The van der Waals surface area contributed by atoms with E-state index >= 15 is 0 Å². The number of aromatic hydroxyl groups is 1. The summed E-state index contributed by atoms with van der Waals surface area (Å²) in [7, 11) is 3.71. The number of nitrogen functional groups attached to an aromatic ring is 1. The molecular formula is C13H14N4O. The fourth-order valence-electron chi connectivity index (χ4n) is 2.25. The predicted molar refractivity (Wildman–Crippen MR) is 71.2 cm³/mol. The topological polar surface area (TPSA) is 69.0 Å². The second-order valence-electron chi connectivity index (χ2n) is 4.38. The molecule has 3 aromatic rings. The van der Waals surface area contributed by atoms with Crippen molar-refractivity contribution < 1.29 is 5.11 Å². The largest absolute Gasteiger partial charge is 0.506 e. The number of phenolic OH excluding ortho intramolecular Hbond substituents is 1. The first-order chi connectivity index (χ1) is 8.58. The second kappa shape index (κ2) is 3.53. The van der Waals surface area contributed by atoms with E-state index in [0.717, 1.165) is 22.3 Å². The molecule has 0 saturated carbocycles. The van der Waals surface area contributed by atoms with Crippen molar-refractivity contribution in [1.29, 1.82) is 0 Å². The normalized spacial score (nSPS) is 11.2. The van der Waals surface area contributed by atoms with Gasteiger partial charge in [0.25, 0.3) is 0 Å². The van der Waals surface area contributed by atoms with Gasteiger partial charge < -0.3 is 15.4 Å². The summed E-state index contributed by atoms with van der Waals surface area (Å²) in [5, 5.41) is 15.2. The molecule has 0 unspecified atom stereocenters. The molecule has 0 saturated heterocycles. The Morgan fingerprint density at radius 3 is 2.61 bits per heavy atom. The highest BCUT2D eigenvalue weighted by Crippen LogP contribution is 2.31. The Balaban J connectivity index is 2.30. The van der Waals surface area contributed by atoms with Crippen LogP contribution in [0.2, 0.25) is 0 Å². The minimum absolute atomic E-state index is 0.269. The number of phenols is 1. The third kappa shape index (κ3) is 1.37. The number of aryl methyl sites for hydroxylation is 2. The maximum atomic E-state index is 9.90. The van der Waals surface area contributed by atoms with Crippen molar-refractivity contribution >= 4 is 16.7 Å². The molecule has 0 fully saturated rings. The lowest BCUT2D eigenvalue weighted by molar-refractivity contribution is 0.479. The molecule has 0 atom stereocenters. The maximum Gasteiger partial charge on any atom is 0.139 e. The summed E-state index contributed by atoms with van der Waals surface area (Å²) < 4.78 is 3.55. The van der Waals surface area contributed by atoms with Crippen LogP contribution in [0.15, 0.2) is 30.3 Å². The number of nitrogens with two attached hydrogens (primary N) is 1. The summed E-state index contributed by atoms with van der Waals surface area (Å²) in [5.74, 6) is 0.879. The van der Waals surface area contributed by atoms with E-state index in [4.69, 9.17) is 5.73 Å². The Morgan fingerprint density at radius 2 is 2.00 bits per heavy atom. The number of anilines is 1. The first-order valence-corrected chi connectivity index (χ1v) is 5.65. The van der Waals surface area contributed by atoms with Crippen molar-refractivity contribution in [2.75, 3.05) is 5.73 Å². The van der Waals surface area contributed by atoms with Crippen LogP contribution in [0.3, 0.4) is 0 Å². The Kier molecular flexibility index (Phi) is 2.10. The zero-order valence-electron chi connectivity index (χ0n) is 10.3. The molecule has 1 aromatic carbocycles. The number of hydrogen-bond acceptors (Lipinski definition) is 3. The van der Waals surface area contributed by atoms with E-state index in [-0.39, 0.29) is 5.75 Å². The molecule has 0 bridgehead atoms. The molecule has 0 aliphatic rings. The first kappa shape index (κ1) is 10.7. The Bertz CT molecular complexity index is 719. The molecule has 18 heavy (non-hydrogen) atoms. The van der Waals surface area contributed by atoms with Crippen molar-refractivity contribution in [2.45, 2.75) is 0 Å². The van der Waals surface area contributed by atoms with Gasteiger partial charge in [-0.1, -0.05) is 12.1 Å². The fraction of sp³-hybridized carbons (Fsp3) is 0.154. The number of para-hydroxylation sites is 1. The van der Waals surface area contributed by atoms with Crippen LogP contribution < -0.4 is 5.73 Å². The maximum absolute atomic E-state index is 9.90. The summed E-state index contributed by atoms with van der Waals surface area (Å²) in [5.41, 5.74) is 8.33. The highest BCUT2D eigenvalue weighted by Gasteiger charge is 2.13. The van der Waals surface area contributed by atoms with E-state index in [0.29, 0.717) is 5.82 Å². The summed E-state index contributed by atoms with van der Waals surface area (Å²) in [6, 6.07) is 9.29. The van der Waals surface area contributed by atoms with Crippen molar-refractivity contribution in [3.8, 4) is 17.1 Å². The van der Waals surface area contributed by atoms with Crippen LogP contribution in [0.4, 0.5) is 5.82 Å². The lowest BCUT2D eigenvalue weighted by Gasteiger charge is -2.02. The predicted octanol–water partition coefficient (Wildman–Crippen LogP) is 1.87. The SMILES string of the molecule is Cn1nc(-c2cc3cccc(O)c3n2C)cc1N. The molecule has 0 aliphatic heterocycles. The van der Waals surface area contributed by atoms with E-state index in [1.165, 1.54) is 0 Å². The monoisotopic (exact) mass is 242 g/mol. The standard InChI is InChI=1S/C13H14N4O/c1-16-10(9-7-12(14)17(2)15-9)6-8-4-3-5-11(18)13(8)16/h3-7,18H,14H2,1-2H3. The lowest BCUT2D eigenvalue weighted by Crippen LogP contribution is -1.97. The van der Waals surface area contributed by atoms with Gasteiger partial charge in [0.2, 0.25) is 0 Å². The molecule has 0 aliphatic carbocycles. The van der Waals surface area contributed by atoms with E-state index in [1.807, 2.05) is 35.9 Å². The van der Waals surface area contributed by atoms with Crippen molar-refractivity contribution in [3.63, 3.8) is 0 Å². The van der Waals surface area contributed by atoms with Crippen LogP contribution in [0.25, 0.3) is 22.3 Å². The zero-order valence-corrected chi connectivity index (χ0v) is 10.3. The molecule has 3 N–H and O–H groups in total. The quantitative estimate of drug-likeness (QED) is 0.684. The molecule has 0 radical (unpaired) electrons. The molecule has 2 heterocycles. The molecule has 5 heteroatoms. The zero-order chi connectivity index (χ0) is 12.9. The van der Waals surface area contributed by atoms with Crippen LogP contribution >= 0.6 is 0 Å². The van der Waals surface area contributed by atoms with E-state index in [2.05, 4.69) is 5.10 Å². The average Bonchev–Trinajstić information content (AvgIpc) is 2.82. The fourth-order valence-corrected chi connectivity index (χ4v) is 2.25. The molecule has 0 amide bonds. The molecule has 92 valence electrons. The van der Waals surface area contributed by atoms with Crippen molar-refractivity contribution in [2.24, 2.45) is 14.1 Å². The smallest absolute Gasteiger partial charge is 0.139 e. The number of rotatable bonds is 1. The lowest BCUT2D eigenvalue weighted by atomic mass is 10.2. The summed E-state index contributed by atoms with van der Waals surface area (Å²) in [4.78, 5) is 0. The number of fused-ring (bicyclic) bond motifs is 1. The third-order valence-electron chi connectivity index (χ3n) is 3.21. The molecular weight excluding hydrogens is 228 g/mol. The second-order valence-corrected chi connectivity index (χ2v) is 4.38. The Labute approximate surface area is 104 Å². The summed E-state index contributed by atoms with van der Waals surface area (Å²) in [6.07, 6.45) is 0. The van der Waals surface area contributed by atoms with Crippen LogP contribution in [-0.4, -0.2) is 19.5 Å². The number of hydrogen-bond donors (Lipinski definition) is 2. The van der Waals surface area contributed by atoms with E-state index < -0.39 is 0 Å². The molecule has 2 aromatic heterocycles. The van der Waals surface area contributed by atoms with Crippen LogP contribution in [-0.2, 0) is 14.1 Å². The number of nitrogens with zero attached hydrogens (tertiary/aromatic N) is 3. The molecule has 0 spiro atoms. The van der Waals surface area contributed by atoms with Crippen LogP contribution in [0, 0.1) is 0 Å². The highest BCUT2D eigenvalue weighted by atomic mass is 16.3. The Hall–Kier alpha value is -2.43. The number of aromatic nitrogens is 3. The Morgan fingerprint density at radius 1 is 1.22 bits per heavy atom. The average molecular weight is 242 g/mol. The third-order valence-corrected chi connectivity index (χ3v) is 3.21. The highest BCUT2D eigenvalue weighted by molar-refractivity contribution is 5.90. The van der Waals surface area contributed by atoms with Crippen molar-refractivity contribution in [1.82, 2.24) is 14.3 Å². The molecule has 5 nitrogen and oxygen atoms in total. The van der Waals surface area contributed by atoms with Gasteiger partial charge in [0.15, 0.2) is 0 Å². The van der Waals surface area contributed by atoms with E-state index in [9.17, 15) is 5.11 Å². The summed E-state index contributed by atoms with van der Waals surface area (Å²) in [6.45, 7) is 0. The van der Waals surface area contributed by atoms with Gasteiger partial charge in [0, 0.05) is 25.5 Å². The summed E-state index contributed by atoms with van der Waals surface area (Å²) >= 11 is 0. The minimum Gasteiger partial charge on any atom is -0.506 e. The minimum atomic E-state index is 0.269. The number of benzene rings is 1. The van der Waals surface area contributed by atoms with Gasteiger partial charge in [-0.25, -0.2) is 0 Å². The first-order valence-electron chi connectivity index (χ1n) is 5.65.